The summed E-state index contributed by atoms with van der Waals surface area (Å²) in [6.07, 6.45) is 0.528. The lowest BCUT2D eigenvalue weighted by Crippen LogP contribution is -2.51. The molecule has 4 rings (SSSR count). The van der Waals surface area contributed by atoms with Crippen molar-refractivity contribution in [2.24, 2.45) is 16.3 Å². The van der Waals surface area contributed by atoms with Crippen molar-refractivity contribution in [3.63, 3.8) is 0 Å². The molecule has 0 aromatic heterocycles. The highest BCUT2D eigenvalue weighted by atomic mass is 19.4. The number of carboxylic acids is 1. The molecule has 2 aliphatic rings. The smallest absolute Gasteiger partial charge is 0.481 e. The van der Waals surface area contributed by atoms with E-state index in [2.05, 4.69) is 30.8 Å². The zero-order valence-electron chi connectivity index (χ0n) is 26.2. The van der Waals surface area contributed by atoms with E-state index >= 15 is 0 Å². The first-order valence-electron chi connectivity index (χ1n) is 15.6. The minimum absolute atomic E-state index is 0.0123. The number of ether oxygens (including phenoxy) is 1. The van der Waals surface area contributed by atoms with Crippen molar-refractivity contribution < 1.29 is 37.4 Å². The van der Waals surface area contributed by atoms with Crippen LogP contribution in [0.25, 0.3) is 0 Å². The Bertz CT molecular complexity index is 1400. The maximum absolute atomic E-state index is 14.3. The third-order valence-electron chi connectivity index (χ3n) is 9.41. The molecule has 0 bridgehead atoms. The Morgan fingerprint density at radius 2 is 1.69 bits per heavy atom. The van der Waals surface area contributed by atoms with Gasteiger partial charge in [0.05, 0.1) is 12.5 Å². The number of hydrogen-bond donors (Lipinski definition) is 2. The zero-order valence-corrected chi connectivity index (χ0v) is 26.2. The lowest BCUT2D eigenvalue weighted by atomic mass is 9.67. The van der Waals surface area contributed by atoms with Gasteiger partial charge in [0.25, 0.3) is 11.8 Å². The number of alkyl halides is 3. The zero-order chi connectivity index (χ0) is 33.0. The van der Waals surface area contributed by atoms with Crippen LogP contribution in [0.5, 0.6) is 5.75 Å². The normalized spacial score (nSPS) is 21.0. The Labute approximate surface area is 262 Å². The van der Waals surface area contributed by atoms with E-state index in [9.17, 15) is 27.6 Å². The number of carbonyl (C=O) groups excluding carboxylic acids is 2. The van der Waals surface area contributed by atoms with Gasteiger partial charge < -0.3 is 20.1 Å². The summed E-state index contributed by atoms with van der Waals surface area (Å²) < 4.78 is 42.3. The van der Waals surface area contributed by atoms with Gasteiger partial charge in [-0.3, -0.25) is 19.4 Å². The topological polar surface area (TPSA) is 108 Å². The molecule has 11 heteroatoms. The van der Waals surface area contributed by atoms with E-state index in [1.54, 1.807) is 12.1 Å². The molecule has 244 valence electrons. The van der Waals surface area contributed by atoms with Crippen molar-refractivity contribution in [2.45, 2.75) is 97.1 Å². The van der Waals surface area contributed by atoms with E-state index in [1.807, 2.05) is 24.0 Å². The summed E-state index contributed by atoms with van der Waals surface area (Å²) in [4.78, 5) is 44.7. The number of aliphatic carboxylic acids is 1. The Hall–Kier alpha value is -3.89. The van der Waals surface area contributed by atoms with E-state index in [4.69, 9.17) is 10.1 Å². The summed E-state index contributed by atoms with van der Waals surface area (Å²) >= 11 is 0. The molecule has 1 unspecified atom stereocenters. The van der Waals surface area contributed by atoms with Crippen LogP contribution >= 0.6 is 0 Å². The van der Waals surface area contributed by atoms with E-state index < -0.39 is 18.0 Å². The molecule has 8 nitrogen and oxygen atoms in total. The second kappa shape index (κ2) is 13.6. The van der Waals surface area contributed by atoms with Gasteiger partial charge in [0.2, 0.25) is 0 Å². The summed E-state index contributed by atoms with van der Waals surface area (Å²) in [6.45, 7) is 8.77. The van der Waals surface area contributed by atoms with Crippen LogP contribution in [0.1, 0.15) is 107 Å². The number of carbonyl (C=O) groups is 3. The Balaban J connectivity index is 1.67. The predicted octanol–water partition coefficient (Wildman–Crippen LogP) is 7.29. The number of carboxylic acid groups (broad SMARTS) is 1. The average Bonchev–Trinajstić information content (AvgIpc) is 3.26. The molecule has 2 amide bonds. The summed E-state index contributed by atoms with van der Waals surface area (Å²) in [5, 5.41) is 11.4. The molecule has 2 N–H and O–H groups in total. The first-order chi connectivity index (χ1) is 21.2. The SMILES string of the molecule is CCCC(c1ccc(C(=O)NCCC(=O)O)cc1)N1C(=O)C(c2ccc(OC(F)(F)F)cc2)=NC12CCC(C(C)(C)CC)CC2. The number of nitrogens with one attached hydrogen (secondary N) is 1. The Morgan fingerprint density at radius 1 is 1.07 bits per heavy atom. The number of halogens is 3. The van der Waals surface area contributed by atoms with E-state index in [0.29, 0.717) is 36.3 Å². The fourth-order valence-electron chi connectivity index (χ4n) is 6.51. The van der Waals surface area contributed by atoms with Crippen LogP contribution in [-0.4, -0.2) is 52.1 Å². The number of hydrogen-bond acceptors (Lipinski definition) is 5. The van der Waals surface area contributed by atoms with Gasteiger partial charge in [-0.1, -0.05) is 52.7 Å². The first kappa shape index (κ1) is 34.0. The number of amides is 2. The molecule has 1 aliphatic heterocycles. The third-order valence-corrected chi connectivity index (χ3v) is 9.41. The Kier molecular flexibility index (Phi) is 10.3. The molecule has 1 spiro atoms. The number of nitrogens with zero attached hydrogens (tertiary/aromatic N) is 2. The Morgan fingerprint density at radius 3 is 2.22 bits per heavy atom. The lowest BCUT2D eigenvalue weighted by molar-refractivity contribution is -0.274. The average molecular weight is 630 g/mol. The van der Waals surface area contributed by atoms with Crippen LogP contribution in [0.2, 0.25) is 0 Å². The largest absolute Gasteiger partial charge is 0.573 e. The molecule has 1 fully saturated rings. The minimum Gasteiger partial charge on any atom is -0.481 e. The van der Waals surface area contributed by atoms with Gasteiger partial charge in [-0.25, -0.2) is 0 Å². The molecule has 1 saturated carbocycles. The molecule has 2 aromatic carbocycles. The van der Waals surface area contributed by atoms with Gasteiger partial charge in [-0.2, -0.15) is 0 Å². The standard InChI is InChI=1S/C34H42F3N3O5/c1-5-7-27(22-8-10-24(11-9-22)30(43)38-21-18-28(41)42)40-31(44)29(23-12-14-26(15-13-23)45-34(35,36)37)39-33(40)19-16-25(17-20-33)32(3,4)6-2/h8-15,25,27H,5-7,16-21H2,1-4H3,(H,38,43)(H,41,42). The maximum Gasteiger partial charge on any atom is 0.573 e. The van der Waals surface area contributed by atoms with Gasteiger partial charge in [0.15, 0.2) is 0 Å². The maximum atomic E-state index is 14.3. The first-order valence-corrected chi connectivity index (χ1v) is 15.6. The second-order valence-electron chi connectivity index (χ2n) is 12.6. The van der Waals surface area contributed by atoms with Crippen molar-refractivity contribution in [3.8, 4) is 5.75 Å². The van der Waals surface area contributed by atoms with Crippen molar-refractivity contribution in [1.82, 2.24) is 10.2 Å². The monoisotopic (exact) mass is 629 g/mol. The van der Waals surface area contributed by atoms with Crippen LogP contribution in [0, 0.1) is 11.3 Å². The minimum atomic E-state index is -4.82. The van der Waals surface area contributed by atoms with Crippen molar-refractivity contribution >= 4 is 23.5 Å². The molecular formula is C34H42F3N3O5. The number of aliphatic imine (C=N–C) groups is 1. The van der Waals surface area contributed by atoms with Crippen LogP contribution in [0.15, 0.2) is 53.5 Å². The predicted molar refractivity (Wildman–Crippen MR) is 164 cm³/mol. The molecule has 0 saturated heterocycles. The quantitative estimate of drug-likeness (QED) is 0.257. The summed E-state index contributed by atoms with van der Waals surface area (Å²) in [5.41, 5.74) is 1.20. The fraction of sp³-hybridized carbons (Fsp3) is 0.529. The number of rotatable bonds is 12. The molecule has 2 aromatic rings. The number of benzene rings is 2. The molecular weight excluding hydrogens is 587 g/mol. The fourth-order valence-corrected chi connectivity index (χ4v) is 6.51. The van der Waals surface area contributed by atoms with Crippen LogP contribution < -0.4 is 10.1 Å². The highest BCUT2D eigenvalue weighted by Crippen LogP contribution is 2.50. The summed E-state index contributed by atoms with van der Waals surface area (Å²) in [7, 11) is 0. The van der Waals surface area contributed by atoms with E-state index in [0.717, 1.165) is 31.2 Å². The molecule has 1 atom stereocenters. The van der Waals surface area contributed by atoms with Crippen LogP contribution in [0.3, 0.4) is 0 Å². The van der Waals surface area contributed by atoms with Gasteiger partial charge >= 0.3 is 12.3 Å². The third kappa shape index (κ3) is 7.86. The summed E-state index contributed by atoms with van der Waals surface area (Å²) in [6, 6.07) is 11.9. The van der Waals surface area contributed by atoms with Gasteiger partial charge in [0.1, 0.15) is 17.1 Å². The summed E-state index contributed by atoms with van der Waals surface area (Å²) in [5.74, 6) is -1.57. The van der Waals surface area contributed by atoms with E-state index in [1.165, 1.54) is 24.3 Å². The molecule has 1 aliphatic carbocycles. The van der Waals surface area contributed by atoms with Crippen LogP contribution in [-0.2, 0) is 9.59 Å². The van der Waals surface area contributed by atoms with Gasteiger partial charge in [-0.15, -0.1) is 13.2 Å². The van der Waals surface area contributed by atoms with Crippen molar-refractivity contribution in [2.75, 3.05) is 6.54 Å². The van der Waals surface area contributed by atoms with E-state index in [-0.39, 0.29) is 47.7 Å². The second-order valence-corrected chi connectivity index (χ2v) is 12.6. The molecule has 0 radical (unpaired) electrons. The highest BCUT2D eigenvalue weighted by molar-refractivity contribution is 6.46. The van der Waals surface area contributed by atoms with Gasteiger partial charge in [0, 0.05) is 17.7 Å². The highest BCUT2D eigenvalue weighted by Gasteiger charge is 2.52. The van der Waals surface area contributed by atoms with Crippen molar-refractivity contribution in [3.05, 3.63) is 65.2 Å². The van der Waals surface area contributed by atoms with Crippen molar-refractivity contribution in [1.29, 1.82) is 0 Å². The van der Waals surface area contributed by atoms with Crippen LogP contribution in [0.4, 0.5) is 13.2 Å². The van der Waals surface area contributed by atoms with Gasteiger partial charge in [-0.05, 0) is 85.4 Å². The lowest BCUT2D eigenvalue weighted by Gasteiger charge is -2.48. The molecule has 45 heavy (non-hydrogen) atoms. The molecule has 1 heterocycles.